The van der Waals surface area contributed by atoms with Gasteiger partial charge < -0.3 is 9.47 Å². The van der Waals surface area contributed by atoms with Gasteiger partial charge in [0.25, 0.3) is 0 Å². The van der Waals surface area contributed by atoms with E-state index in [2.05, 4.69) is 0 Å². The minimum absolute atomic E-state index is 0.0288. The molecule has 1 unspecified atom stereocenters. The molecule has 0 saturated heterocycles. The van der Waals surface area contributed by atoms with Crippen molar-refractivity contribution in [1.82, 2.24) is 0 Å². The second-order valence-corrected chi connectivity index (χ2v) is 2.76. The van der Waals surface area contributed by atoms with E-state index < -0.39 is 0 Å². The molecule has 0 bridgehead atoms. The van der Waals surface area contributed by atoms with Gasteiger partial charge in [0, 0.05) is 20.6 Å². The van der Waals surface area contributed by atoms with Gasteiger partial charge in [-0.2, -0.15) is 0 Å². The van der Waals surface area contributed by atoms with Crippen LogP contribution in [-0.2, 0) is 9.47 Å². The standard InChI is InChI=1S/C11H15O2/c1-12-9-8-11(13-2)10-6-4-3-5-7-10/h3-8,11H,9H2,1-2H3. The molecule has 0 aromatic heterocycles. The summed E-state index contributed by atoms with van der Waals surface area (Å²) in [7, 11) is 3.37. The first-order chi connectivity index (χ1) is 6.38. The van der Waals surface area contributed by atoms with Gasteiger partial charge in [-0.1, -0.05) is 30.3 Å². The quantitative estimate of drug-likeness (QED) is 0.690. The van der Waals surface area contributed by atoms with Crippen molar-refractivity contribution < 1.29 is 9.47 Å². The van der Waals surface area contributed by atoms with Crippen molar-refractivity contribution >= 4 is 0 Å². The zero-order chi connectivity index (χ0) is 9.52. The molecule has 0 amide bonds. The molecule has 1 rings (SSSR count). The summed E-state index contributed by atoms with van der Waals surface area (Å²) >= 11 is 0. The Balaban J connectivity index is 2.56. The molecule has 1 aromatic carbocycles. The van der Waals surface area contributed by atoms with E-state index in [-0.39, 0.29) is 6.10 Å². The van der Waals surface area contributed by atoms with Gasteiger partial charge >= 0.3 is 0 Å². The lowest BCUT2D eigenvalue weighted by Gasteiger charge is -2.14. The third-order valence-electron chi connectivity index (χ3n) is 1.86. The van der Waals surface area contributed by atoms with Crippen LogP contribution in [0.4, 0.5) is 0 Å². The molecule has 71 valence electrons. The minimum atomic E-state index is 0.0288. The first-order valence-corrected chi connectivity index (χ1v) is 4.28. The minimum Gasteiger partial charge on any atom is -0.384 e. The fourth-order valence-electron chi connectivity index (χ4n) is 1.19. The highest BCUT2D eigenvalue weighted by atomic mass is 16.5. The van der Waals surface area contributed by atoms with Crippen molar-refractivity contribution in [2.75, 3.05) is 20.8 Å². The Kier molecular flexibility index (Phi) is 4.50. The molecule has 2 nitrogen and oxygen atoms in total. The Morgan fingerprint density at radius 2 is 1.92 bits per heavy atom. The summed E-state index contributed by atoms with van der Waals surface area (Å²) in [5.41, 5.74) is 1.15. The Labute approximate surface area is 79.5 Å². The summed E-state index contributed by atoms with van der Waals surface area (Å²) in [6.07, 6.45) is 2.02. The summed E-state index contributed by atoms with van der Waals surface area (Å²) in [5.74, 6) is 0. The Hall–Kier alpha value is -0.860. The molecule has 1 aromatic rings. The van der Waals surface area contributed by atoms with Crippen molar-refractivity contribution in [3.63, 3.8) is 0 Å². The van der Waals surface area contributed by atoms with Crippen LogP contribution < -0.4 is 0 Å². The summed E-state index contributed by atoms with van der Waals surface area (Å²) in [6.45, 7) is 0.605. The van der Waals surface area contributed by atoms with Crippen LogP contribution in [0.2, 0.25) is 0 Å². The van der Waals surface area contributed by atoms with Crippen molar-refractivity contribution in [3.8, 4) is 0 Å². The zero-order valence-corrected chi connectivity index (χ0v) is 8.07. The first-order valence-electron chi connectivity index (χ1n) is 4.28. The van der Waals surface area contributed by atoms with Crippen LogP contribution in [0.1, 0.15) is 11.7 Å². The molecule has 1 radical (unpaired) electrons. The highest BCUT2D eigenvalue weighted by Crippen LogP contribution is 2.18. The van der Waals surface area contributed by atoms with Gasteiger partial charge in [-0.3, -0.25) is 0 Å². The normalized spacial score (nSPS) is 12.8. The van der Waals surface area contributed by atoms with Gasteiger partial charge in [-0.05, 0) is 5.56 Å². The van der Waals surface area contributed by atoms with Crippen LogP contribution in [0, 0.1) is 6.42 Å². The van der Waals surface area contributed by atoms with Crippen molar-refractivity contribution in [1.29, 1.82) is 0 Å². The van der Waals surface area contributed by atoms with E-state index in [1.165, 1.54) is 0 Å². The van der Waals surface area contributed by atoms with Crippen molar-refractivity contribution in [2.45, 2.75) is 6.10 Å². The van der Waals surface area contributed by atoms with Crippen molar-refractivity contribution in [3.05, 3.63) is 42.3 Å². The Bertz CT molecular complexity index is 221. The van der Waals surface area contributed by atoms with E-state index in [4.69, 9.17) is 9.47 Å². The highest BCUT2D eigenvalue weighted by molar-refractivity contribution is 5.19. The predicted molar refractivity (Wildman–Crippen MR) is 52.4 cm³/mol. The van der Waals surface area contributed by atoms with E-state index in [1.807, 2.05) is 36.8 Å². The molecule has 2 heteroatoms. The lowest BCUT2D eigenvalue weighted by atomic mass is 10.1. The molecule has 0 heterocycles. The second kappa shape index (κ2) is 5.73. The molecule has 0 fully saturated rings. The van der Waals surface area contributed by atoms with Crippen LogP contribution in [0.15, 0.2) is 30.3 Å². The Morgan fingerprint density at radius 3 is 2.46 bits per heavy atom. The van der Waals surface area contributed by atoms with Crippen LogP contribution in [0.5, 0.6) is 0 Å². The van der Waals surface area contributed by atoms with Gasteiger partial charge in [-0.15, -0.1) is 0 Å². The number of hydrogen-bond acceptors (Lipinski definition) is 2. The first kappa shape index (κ1) is 10.2. The summed E-state index contributed by atoms with van der Waals surface area (Å²) in [4.78, 5) is 0. The average molecular weight is 179 g/mol. The SMILES string of the molecule is COC[CH]C(OC)c1ccccc1. The maximum atomic E-state index is 5.30. The lowest BCUT2D eigenvalue weighted by Crippen LogP contribution is -2.05. The number of rotatable bonds is 5. The van der Waals surface area contributed by atoms with Gasteiger partial charge in [-0.25, -0.2) is 0 Å². The molecule has 0 aliphatic rings. The van der Waals surface area contributed by atoms with E-state index in [0.717, 1.165) is 5.56 Å². The number of hydrogen-bond donors (Lipinski definition) is 0. The van der Waals surface area contributed by atoms with Gasteiger partial charge in [0.1, 0.15) is 0 Å². The molecular formula is C11H15O2. The third-order valence-corrected chi connectivity index (χ3v) is 1.86. The maximum Gasteiger partial charge on any atom is 0.0875 e. The van der Waals surface area contributed by atoms with Crippen LogP contribution in [0.3, 0.4) is 0 Å². The summed E-state index contributed by atoms with van der Waals surface area (Å²) in [6, 6.07) is 10.1. The Morgan fingerprint density at radius 1 is 1.23 bits per heavy atom. The molecule has 0 spiro atoms. The number of benzene rings is 1. The molecule has 1 atom stereocenters. The largest absolute Gasteiger partial charge is 0.384 e. The molecular weight excluding hydrogens is 164 g/mol. The topological polar surface area (TPSA) is 18.5 Å². The zero-order valence-electron chi connectivity index (χ0n) is 8.07. The monoisotopic (exact) mass is 179 g/mol. The van der Waals surface area contributed by atoms with Crippen LogP contribution in [-0.4, -0.2) is 20.8 Å². The molecule has 0 N–H and O–H groups in total. The van der Waals surface area contributed by atoms with E-state index in [9.17, 15) is 0 Å². The van der Waals surface area contributed by atoms with E-state index in [0.29, 0.717) is 6.61 Å². The van der Waals surface area contributed by atoms with E-state index >= 15 is 0 Å². The average Bonchev–Trinajstić information content (AvgIpc) is 2.21. The van der Waals surface area contributed by atoms with Crippen molar-refractivity contribution in [2.24, 2.45) is 0 Å². The van der Waals surface area contributed by atoms with Crippen LogP contribution >= 0.6 is 0 Å². The molecule has 13 heavy (non-hydrogen) atoms. The van der Waals surface area contributed by atoms with E-state index in [1.54, 1.807) is 14.2 Å². The number of methoxy groups -OCH3 is 2. The third kappa shape index (κ3) is 3.17. The van der Waals surface area contributed by atoms with Gasteiger partial charge in [0.15, 0.2) is 0 Å². The fourth-order valence-corrected chi connectivity index (χ4v) is 1.19. The van der Waals surface area contributed by atoms with Gasteiger partial charge in [0.2, 0.25) is 0 Å². The fraction of sp³-hybridized carbons (Fsp3) is 0.364. The summed E-state index contributed by atoms with van der Waals surface area (Å²) < 4.78 is 10.3. The second-order valence-electron chi connectivity index (χ2n) is 2.76. The molecule has 0 aliphatic carbocycles. The number of ether oxygens (including phenoxy) is 2. The molecule has 0 saturated carbocycles. The lowest BCUT2D eigenvalue weighted by molar-refractivity contribution is 0.107. The predicted octanol–water partition coefficient (Wildman–Crippen LogP) is 2.22. The maximum absolute atomic E-state index is 5.30. The smallest absolute Gasteiger partial charge is 0.0875 e. The van der Waals surface area contributed by atoms with Crippen LogP contribution in [0.25, 0.3) is 0 Å². The van der Waals surface area contributed by atoms with Gasteiger partial charge in [0.05, 0.1) is 12.7 Å². The molecule has 0 aliphatic heterocycles. The highest BCUT2D eigenvalue weighted by Gasteiger charge is 2.08. The summed E-state index contributed by atoms with van der Waals surface area (Å²) in [5, 5.41) is 0.